The average molecular weight is 264 g/mol. The van der Waals surface area contributed by atoms with Gasteiger partial charge in [0.05, 0.1) is 11.7 Å². The van der Waals surface area contributed by atoms with Gasteiger partial charge in [0, 0.05) is 13.1 Å². The number of carbonyl (C=O) groups excluding carboxylic acids is 1. The second-order valence-electron chi connectivity index (χ2n) is 6.52. The number of carbonyl (C=O) groups is 1. The van der Waals surface area contributed by atoms with E-state index in [1.54, 1.807) is 4.68 Å². The summed E-state index contributed by atoms with van der Waals surface area (Å²) in [6.07, 6.45) is 2.88. The van der Waals surface area contributed by atoms with E-state index in [4.69, 9.17) is 0 Å². The minimum absolute atomic E-state index is 0.0443. The van der Waals surface area contributed by atoms with E-state index in [0.717, 1.165) is 37.3 Å². The van der Waals surface area contributed by atoms with Crippen LogP contribution in [0.3, 0.4) is 0 Å². The third-order valence-electron chi connectivity index (χ3n) is 3.27. The van der Waals surface area contributed by atoms with Gasteiger partial charge in [-0.25, -0.2) is 0 Å². The maximum Gasteiger partial charge on any atom is 0.242 e. The van der Waals surface area contributed by atoms with Crippen LogP contribution in [0.2, 0.25) is 0 Å². The van der Waals surface area contributed by atoms with Crippen molar-refractivity contribution in [3.05, 3.63) is 11.8 Å². The van der Waals surface area contributed by atoms with Crippen molar-refractivity contribution in [1.29, 1.82) is 0 Å². The van der Waals surface area contributed by atoms with Gasteiger partial charge in [-0.1, -0.05) is 20.8 Å². The lowest BCUT2D eigenvalue weighted by molar-refractivity contribution is -0.117. The average Bonchev–Trinajstić information content (AvgIpc) is 2.87. The van der Waals surface area contributed by atoms with E-state index in [1.165, 1.54) is 0 Å². The van der Waals surface area contributed by atoms with Gasteiger partial charge in [-0.3, -0.25) is 9.48 Å². The van der Waals surface area contributed by atoms with Crippen LogP contribution in [0.5, 0.6) is 0 Å². The molecule has 0 bridgehead atoms. The summed E-state index contributed by atoms with van der Waals surface area (Å²) in [6.45, 7) is 7.48. The minimum Gasteiger partial charge on any atom is -0.310 e. The number of aromatic nitrogens is 2. The van der Waals surface area contributed by atoms with Crippen molar-refractivity contribution in [2.45, 2.75) is 46.1 Å². The molecule has 0 aromatic carbocycles. The first-order valence-electron chi connectivity index (χ1n) is 6.92. The predicted octanol–water partition coefficient (Wildman–Crippen LogP) is 1.70. The summed E-state index contributed by atoms with van der Waals surface area (Å²) in [5.41, 5.74) is 1.22. The quantitative estimate of drug-likeness (QED) is 0.873. The van der Waals surface area contributed by atoms with E-state index in [0.29, 0.717) is 0 Å². The van der Waals surface area contributed by atoms with E-state index in [-0.39, 0.29) is 17.4 Å². The van der Waals surface area contributed by atoms with Crippen molar-refractivity contribution in [1.82, 2.24) is 15.1 Å². The van der Waals surface area contributed by atoms with Crippen molar-refractivity contribution in [3.63, 3.8) is 0 Å². The molecule has 19 heavy (non-hydrogen) atoms. The van der Waals surface area contributed by atoms with Gasteiger partial charge in [0.2, 0.25) is 5.91 Å². The first-order valence-corrected chi connectivity index (χ1v) is 6.92. The van der Waals surface area contributed by atoms with Crippen LogP contribution in [0.25, 0.3) is 0 Å². The van der Waals surface area contributed by atoms with Crippen LogP contribution in [-0.2, 0) is 18.3 Å². The Morgan fingerprint density at radius 1 is 1.58 bits per heavy atom. The fourth-order valence-electron chi connectivity index (χ4n) is 2.40. The first kappa shape index (κ1) is 14.1. The summed E-state index contributed by atoms with van der Waals surface area (Å²) in [5, 5.41) is 10.6. The number of anilines is 1. The van der Waals surface area contributed by atoms with E-state index in [2.05, 4.69) is 36.5 Å². The molecular formula is C14H24N4O. The van der Waals surface area contributed by atoms with Gasteiger partial charge in [0.15, 0.2) is 0 Å². The van der Waals surface area contributed by atoms with E-state index in [1.807, 2.05) is 13.1 Å². The van der Waals surface area contributed by atoms with Gasteiger partial charge in [0.1, 0.15) is 5.82 Å². The second-order valence-corrected chi connectivity index (χ2v) is 6.52. The molecule has 0 spiro atoms. The van der Waals surface area contributed by atoms with Gasteiger partial charge in [0.25, 0.3) is 0 Å². The number of hydrogen-bond acceptors (Lipinski definition) is 3. The predicted molar refractivity (Wildman–Crippen MR) is 76.0 cm³/mol. The number of hydrogen-bond donors (Lipinski definition) is 2. The highest BCUT2D eigenvalue weighted by molar-refractivity contribution is 5.94. The van der Waals surface area contributed by atoms with Crippen molar-refractivity contribution in [3.8, 4) is 0 Å². The molecular weight excluding hydrogens is 240 g/mol. The van der Waals surface area contributed by atoms with Gasteiger partial charge >= 0.3 is 0 Å². The van der Waals surface area contributed by atoms with E-state index >= 15 is 0 Å². The molecule has 1 aliphatic rings. The molecule has 1 aromatic rings. The van der Waals surface area contributed by atoms with Crippen LogP contribution in [-0.4, -0.2) is 28.3 Å². The summed E-state index contributed by atoms with van der Waals surface area (Å²) in [7, 11) is 1.86. The topological polar surface area (TPSA) is 59.0 Å². The largest absolute Gasteiger partial charge is 0.310 e. The highest BCUT2D eigenvalue weighted by Gasteiger charge is 2.23. The molecule has 2 heterocycles. The second kappa shape index (κ2) is 5.33. The third-order valence-corrected chi connectivity index (χ3v) is 3.27. The zero-order valence-corrected chi connectivity index (χ0v) is 12.3. The molecule has 1 unspecified atom stereocenters. The number of amides is 1. The number of nitrogens with zero attached hydrogens (tertiary/aromatic N) is 2. The highest BCUT2D eigenvalue weighted by atomic mass is 16.2. The molecule has 1 aliphatic heterocycles. The first-order chi connectivity index (χ1) is 8.85. The lowest BCUT2D eigenvalue weighted by atomic mass is 9.91. The zero-order chi connectivity index (χ0) is 14.0. The number of aryl methyl sites for hydroxylation is 1. The Morgan fingerprint density at radius 2 is 2.32 bits per heavy atom. The maximum atomic E-state index is 12.0. The molecule has 0 saturated carbocycles. The number of rotatable bonds is 3. The van der Waals surface area contributed by atoms with Gasteiger partial charge < -0.3 is 10.6 Å². The van der Waals surface area contributed by atoms with Gasteiger partial charge in [-0.2, -0.15) is 5.10 Å². The monoisotopic (exact) mass is 264 g/mol. The standard InChI is InChI=1S/C14H24N4O/c1-14(2,3)9-10-8-12(18(4)17-10)16-13(19)11-6-5-7-15-11/h8,11,15H,5-7,9H2,1-4H3,(H,16,19). The Bertz CT molecular complexity index is 453. The minimum atomic E-state index is -0.0547. The molecule has 2 N–H and O–H groups in total. The fourth-order valence-corrected chi connectivity index (χ4v) is 2.40. The Balaban J connectivity index is 2.02. The normalized spacial score (nSPS) is 19.7. The smallest absolute Gasteiger partial charge is 0.242 e. The summed E-state index contributed by atoms with van der Waals surface area (Å²) < 4.78 is 1.74. The summed E-state index contributed by atoms with van der Waals surface area (Å²) in [6, 6.07) is 1.92. The van der Waals surface area contributed by atoms with Crippen molar-refractivity contribution in [2.75, 3.05) is 11.9 Å². The molecule has 1 fully saturated rings. The molecule has 106 valence electrons. The zero-order valence-electron chi connectivity index (χ0n) is 12.3. The third kappa shape index (κ3) is 3.80. The highest BCUT2D eigenvalue weighted by Crippen LogP contribution is 2.21. The Morgan fingerprint density at radius 3 is 2.89 bits per heavy atom. The van der Waals surface area contributed by atoms with Crippen LogP contribution >= 0.6 is 0 Å². The molecule has 1 amide bonds. The van der Waals surface area contributed by atoms with Crippen LogP contribution in [0.4, 0.5) is 5.82 Å². The molecule has 1 saturated heterocycles. The van der Waals surface area contributed by atoms with Crippen LogP contribution < -0.4 is 10.6 Å². The molecule has 5 heteroatoms. The maximum absolute atomic E-state index is 12.0. The summed E-state index contributed by atoms with van der Waals surface area (Å²) in [4.78, 5) is 12.0. The number of nitrogens with one attached hydrogen (secondary N) is 2. The van der Waals surface area contributed by atoms with Crippen LogP contribution in [0, 0.1) is 5.41 Å². The fraction of sp³-hybridized carbons (Fsp3) is 0.714. The Kier molecular flexibility index (Phi) is 3.94. The van der Waals surface area contributed by atoms with Gasteiger partial charge in [-0.05, 0) is 31.2 Å². The molecule has 0 radical (unpaired) electrons. The van der Waals surface area contributed by atoms with Gasteiger partial charge in [-0.15, -0.1) is 0 Å². The SMILES string of the molecule is Cn1nc(CC(C)(C)C)cc1NC(=O)C1CCCN1. The van der Waals surface area contributed by atoms with Crippen molar-refractivity contribution >= 4 is 11.7 Å². The Hall–Kier alpha value is -1.36. The molecule has 1 atom stereocenters. The summed E-state index contributed by atoms with van der Waals surface area (Å²) in [5.74, 6) is 0.820. The lowest BCUT2D eigenvalue weighted by Crippen LogP contribution is -2.35. The summed E-state index contributed by atoms with van der Waals surface area (Å²) >= 11 is 0. The molecule has 5 nitrogen and oxygen atoms in total. The molecule has 1 aromatic heterocycles. The Labute approximate surface area is 114 Å². The van der Waals surface area contributed by atoms with Crippen LogP contribution in [0.15, 0.2) is 6.07 Å². The van der Waals surface area contributed by atoms with E-state index < -0.39 is 0 Å². The van der Waals surface area contributed by atoms with Crippen LogP contribution in [0.1, 0.15) is 39.3 Å². The van der Waals surface area contributed by atoms with Crippen molar-refractivity contribution < 1.29 is 4.79 Å². The van der Waals surface area contributed by atoms with E-state index in [9.17, 15) is 4.79 Å². The molecule has 0 aliphatic carbocycles. The lowest BCUT2D eigenvalue weighted by Gasteiger charge is -2.15. The van der Waals surface area contributed by atoms with Crippen molar-refractivity contribution in [2.24, 2.45) is 12.5 Å². The molecule has 2 rings (SSSR count).